The van der Waals surface area contributed by atoms with E-state index >= 15 is 0 Å². The Bertz CT molecular complexity index is 621. The molecule has 1 saturated heterocycles. The molecule has 0 atom stereocenters. The molecule has 5 heteroatoms. The van der Waals surface area contributed by atoms with Crippen molar-refractivity contribution < 1.29 is 4.79 Å². The number of rotatable bonds is 4. The summed E-state index contributed by atoms with van der Waals surface area (Å²) in [6, 6.07) is 3.95. The molecule has 0 spiro atoms. The van der Waals surface area contributed by atoms with Gasteiger partial charge in [-0.2, -0.15) is 0 Å². The summed E-state index contributed by atoms with van der Waals surface area (Å²) in [7, 11) is 0. The van der Waals surface area contributed by atoms with Crippen LogP contribution >= 0.6 is 11.8 Å². The maximum absolute atomic E-state index is 12.6. The first-order valence-electron chi connectivity index (χ1n) is 10.3. The van der Waals surface area contributed by atoms with Gasteiger partial charge in [0.15, 0.2) is 0 Å². The van der Waals surface area contributed by atoms with Crippen molar-refractivity contribution in [2.24, 2.45) is 17.8 Å². The van der Waals surface area contributed by atoms with E-state index < -0.39 is 0 Å². The van der Waals surface area contributed by atoms with Gasteiger partial charge in [0.1, 0.15) is 0 Å². The highest BCUT2D eigenvalue weighted by Crippen LogP contribution is 2.57. The number of carbonyl (C=O) groups excluding carboxylic acids is 1. The number of piperazine rings is 1. The first kappa shape index (κ1) is 17.1. The standard InChI is InChI=1S/C21H29N3OS/c25-20(15-26-19-1-3-22-4-2-19)23-5-7-24(8-6-23)21-12-16-9-17(13-21)11-18(10-16)14-21/h1-4,16-18H,5-15H2. The molecule has 140 valence electrons. The number of amides is 1. The van der Waals surface area contributed by atoms with Gasteiger partial charge in [-0.05, 0) is 68.4 Å². The molecule has 1 aliphatic heterocycles. The lowest BCUT2D eigenvalue weighted by Crippen LogP contribution is -2.64. The van der Waals surface area contributed by atoms with Gasteiger partial charge in [0.2, 0.25) is 5.91 Å². The summed E-state index contributed by atoms with van der Waals surface area (Å²) in [5, 5.41) is 0. The number of pyridine rings is 1. The van der Waals surface area contributed by atoms with E-state index in [1.54, 1.807) is 24.2 Å². The van der Waals surface area contributed by atoms with Gasteiger partial charge < -0.3 is 4.90 Å². The Kier molecular flexibility index (Phi) is 4.48. The average Bonchev–Trinajstić information content (AvgIpc) is 2.66. The molecule has 4 nitrogen and oxygen atoms in total. The highest BCUT2D eigenvalue weighted by Gasteiger charge is 2.53. The van der Waals surface area contributed by atoms with Crippen molar-refractivity contribution in [3.05, 3.63) is 24.5 Å². The first-order valence-corrected chi connectivity index (χ1v) is 11.2. The summed E-state index contributed by atoms with van der Waals surface area (Å²) in [4.78, 5) is 22.6. The molecule has 5 aliphatic rings. The van der Waals surface area contributed by atoms with E-state index in [4.69, 9.17) is 0 Å². The van der Waals surface area contributed by atoms with Crippen LogP contribution in [0.25, 0.3) is 0 Å². The predicted molar refractivity (Wildman–Crippen MR) is 104 cm³/mol. The van der Waals surface area contributed by atoms with Crippen molar-refractivity contribution in [2.45, 2.75) is 49.0 Å². The summed E-state index contributed by atoms with van der Waals surface area (Å²) in [5.74, 6) is 3.83. The fourth-order valence-corrected chi connectivity index (χ4v) is 7.34. The molecule has 4 bridgehead atoms. The van der Waals surface area contributed by atoms with Crippen molar-refractivity contribution in [1.82, 2.24) is 14.8 Å². The number of aromatic nitrogens is 1. The minimum Gasteiger partial charge on any atom is -0.339 e. The molecule has 1 amide bonds. The molecule has 4 saturated carbocycles. The van der Waals surface area contributed by atoms with Gasteiger partial charge in [0.05, 0.1) is 5.75 Å². The topological polar surface area (TPSA) is 36.4 Å². The summed E-state index contributed by atoms with van der Waals surface area (Å²) in [6.07, 6.45) is 12.4. The van der Waals surface area contributed by atoms with Crippen LogP contribution in [0.15, 0.2) is 29.4 Å². The maximum atomic E-state index is 12.6. The van der Waals surface area contributed by atoms with E-state index in [0.29, 0.717) is 11.3 Å². The van der Waals surface area contributed by atoms with Crippen LogP contribution in [0.4, 0.5) is 0 Å². The molecular formula is C21H29N3OS. The molecule has 5 fully saturated rings. The Labute approximate surface area is 160 Å². The van der Waals surface area contributed by atoms with Crippen molar-refractivity contribution in [3.8, 4) is 0 Å². The van der Waals surface area contributed by atoms with Gasteiger partial charge in [-0.1, -0.05) is 0 Å². The number of carbonyl (C=O) groups is 1. The van der Waals surface area contributed by atoms with Gasteiger partial charge in [-0.25, -0.2) is 0 Å². The van der Waals surface area contributed by atoms with Crippen LogP contribution in [-0.2, 0) is 4.79 Å². The number of hydrogen-bond donors (Lipinski definition) is 0. The summed E-state index contributed by atoms with van der Waals surface area (Å²) < 4.78 is 0. The monoisotopic (exact) mass is 371 g/mol. The third kappa shape index (κ3) is 3.18. The molecule has 0 N–H and O–H groups in total. The fourth-order valence-electron chi connectivity index (χ4n) is 6.55. The largest absolute Gasteiger partial charge is 0.339 e. The minimum absolute atomic E-state index is 0.289. The summed E-state index contributed by atoms with van der Waals surface area (Å²) >= 11 is 1.63. The Morgan fingerprint density at radius 1 is 1.00 bits per heavy atom. The van der Waals surface area contributed by atoms with Crippen molar-refractivity contribution >= 4 is 17.7 Å². The van der Waals surface area contributed by atoms with Crippen LogP contribution in [-0.4, -0.2) is 58.2 Å². The lowest BCUT2D eigenvalue weighted by molar-refractivity contribution is -0.135. The molecule has 0 radical (unpaired) electrons. The number of thioether (sulfide) groups is 1. The third-order valence-corrected chi connectivity index (χ3v) is 8.32. The van der Waals surface area contributed by atoms with Crippen molar-refractivity contribution in [1.29, 1.82) is 0 Å². The van der Waals surface area contributed by atoms with Gasteiger partial charge in [0, 0.05) is 49.0 Å². The Morgan fingerprint density at radius 2 is 1.58 bits per heavy atom. The molecule has 4 aliphatic carbocycles. The normalized spacial score (nSPS) is 36.5. The zero-order valence-electron chi connectivity index (χ0n) is 15.5. The molecule has 1 aromatic rings. The van der Waals surface area contributed by atoms with Crippen LogP contribution in [0.5, 0.6) is 0 Å². The Balaban J connectivity index is 1.16. The third-order valence-electron chi connectivity index (χ3n) is 7.32. The maximum Gasteiger partial charge on any atom is 0.233 e. The highest BCUT2D eigenvalue weighted by atomic mass is 32.2. The molecule has 6 rings (SSSR count). The second-order valence-electron chi connectivity index (χ2n) is 8.98. The molecule has 26 heavy (non-hydrogen) atoms. The smallest absolute Gasteiger partial charge is 0.233 e. The molecule has 0 aromatic carbocycles. The lowest BCUT2D eigenvalue weighted by atomic mass is 9.52. The second kappa shape index (κ2) is 6.83. The van der Waals surface area contributed by atoms with E-state index in [2.05, 4.69) is 14.8 Å². The zero-order chi connectivity index (χ0) is 17.6. The Morgan fingerprint density at radius 3 is 2.15 bits per heavy atom. The zero-order valence-corrected chi connectivity index (χ0v) is 16.3. The van der Waals surface area contributed by atoms with E-state index in [-0.39, 0.29) is 5.91 Å². The minimum atomic E-state index is 0.289. The van der Waals surface area contributed by atoms with Crippen LogP contribution < -0.4 is 0 Å². The van der Waals surface area contributed by atoms with Crippen LogP contribution in [0.3, 0.4) is 0 Å². The summed E-state index contributed by atoms with van der Waals surface area (Å²) in [5.41, 5.74) is 0.496. The van der Waals surface area contributed by atoms with E-state index in [1.165, 1.54) is 38.5 Å². The predicted octanol–water partition coefficient (Wildman–Crippen LogP) is 3.29. The van der Waals surface area contributed by atoms with E-state index in [9.17, 15) is 4.79 Å². The Hall–Kier alpha value is -1.07. The average molecular weight is 372 g/mol. The van der Waals surface area contributed by atoms with Crippen molar-refractivity contribution in [3.63, 3.8) is 0 Å². The van der Waals surface area contributed by atoms with Gasteiger partial charge in [-0.3, -0.25) is 14.7 Å². The van der Waals surface area contributed by atoms with Gasteiger partial charge >= 0.3 is 0 Å². The van der Waals surface area contributed by atoms with Crippen molar-refractivity contribution in [2.75, 3.05) is 31.9 Å². The number of nitrogens with zero attached hydrogens (tertiary/aromatic N) is 3. The fraction of sp³-hybridized carbons (Fsp3) is 0.714. The first-order chi connectivity index (χ1) is 12.7. The van der Waals surface area contributed by atoms with Gasteiger partial charge in [0.25, 0.3) is 0 Å². The van der Waals surface area contributed by atoms with Crippen LogP contribution in [0, 0.1) is 17.8 Å². The molecule has 2 heterocycles. The number of hydrogen-bond acceptors (Lipinski definition) is 4. The lowest BCUT2D eigenvalue weighted by Gasteiger charge is -2.61. The van der Waals surface area contributed by atoms with Crippen LogP contribution in [0.1, 0.15) is 38.5 Å². The van der Waals surface area contributed by atoms with E-state index in [0.717, 1.165) is 48.8 Å². The molecular weight excluding hydrogens is 342 g/mol. The van der Waals surface area contributed by atoms with E-state index in [1.807, 2.05) is 12.1 Å². The SMILES string of the molecule is O=C(CSc1ccncc1)N1CCN(C23CC4CC(CC(C4)C2)C3)CC1. The quantitative estimate of drug-likeness (QED) is 0.761. The molecule has 0 unspecified atom stereocenters. The molecule has 1 aromatic heterocycles. The highest BCUT2D eigenvalue weighted by molar-refractivity contribution is 8.00. The van der Waals surface area contributed by atoms with Crippen LogP contribution in [0.2, 0.25) is 0 Å². The summed E-state index contributed by atoms with van der Waals surface area (Å²) in [6.45, 7) is 3.99. The second-order valence-corrected chi connectivity index (χ2v) is 10.0. The van der Waals surface area contributed by atoms with Gasteiger partial charge in [-0.15, -0.1) is 11.8 Å².